The van der Waals surface area contributed by atoms with Crippen molar-refractivity contribution in [2.24, 2.45) is 5.16 Å². The molecule has 2 rings (SSSR count). The summed E-state index contributed by atoms with van der Waals surface area (Å²) in [5.74, 6) is -1.83. The van der Waals surface area contributed by atoms with Gasteiger partial charge in [-0.05, 0) is 17.7 Å². The molecule has 0 saturated carbocycles. The minimum absolute atomic E-state index is 0.00903. The molecule has 3 atom stereocenters. The molecule has 11 nitrogen and oxygen atoms in total. The lowest BCUT2D eigenvalue weighted by Crippen LogP contribution is -2.42. The van der Waals surface area contributed by atoms with Gasteiger partial charge in [0.2, 0.25) is 6.29 Å². The number of carboxylic acids is 1. The highest BCUT2D eigenvalue weighted by molar-refractivity contribution is 5.97. The number of aliphatic hydroxyl groups excluding tert-OH is 1. The predicted molar refractivity (Wildman–Crippen MR) is 109 cm³/mol. The van der Waals surface area contributed by atoms with Gasteiger partial charge in [0.05, 0.1) is 18.2 Å². The first-order valence-corrected chi connectivity index (χ1v) is 9.84. The molecule has 3 unspecified atom stereocenters. The van der Waals surface area contributed by atoms with Crippen molar-refractivity contribution in [3.05, 3.63) is 29.3 Å². The molecule has 3 N–H and O–H groups in total. The van der Waals surface area contributed by atoms with Crippen molar-refractivity contribution in [2.75, 3.05) is 13.2 Å². The Morgan fingerprint density at radius 1 is 1.31 bits per heavy atom. The van der Waals surface area contributed by atoms with Gasteiger partial charge in [-0.2, -0.15) is 0 Å². The summed E-state index contributed by atoms with van der Waals surface area (Å²) in [6.45, 7) is 6.86. The lowest BCUT2D eigenvalue weighted by molar-refractivity contribution is -0.195. The average Bonchev–Trinajstić information content (AvgIpc) is 2.76. The molecule has 178 valence electrons. The monoisotopic (exact) mass is 458 g/mol. The first-order valence-electron chi connectivity index (χ1n) is 9.84. The molecule has 1 saturated heterocycles. The van der Waals surface area contributed by atoms with Gasteiger partial charge < -0.3 is 34.6 Å². The number of nitrogens with one attached hydrogen (secondary N) is 1. The van der Waals surface area contributed by atoms with E-state index in [0.717, 1.165) is 0 Å². The lowest BCUT2D eigenvalue weighted by Gasteiger charge is -2.31. The van der Waals surface area contributed by atoms with Crippen LogP contribution in [0.4, 0.5) is 9.18 Å². The summed E-state index contributed by atoms with van der Waals surface area (Å²) < 4.78 is 27.5. The second-order valence-electron chi connectivity index (χ2n) is 6.21. The molecule has 12 heteroatoms. The van der Waals surface area contributed by atoms with Crippen LogP contribution in [-0.2, 0) is 25.7 Å². The maximum atomic E-state index is 12.5. The zero-order valence-corrected chi connectivity index (χ0v) is 17.8. The summed E-state index contributed by atoms with van der Waals surface area (Å²) in [7, 11) is 0. The number of ether oxygens (including phenoxy) is 3. The third-order valence-corrected chi connectivity index (χ3v) is 4.01. The van der Waals surface area contributed by atoms with Crippen LogP contribution in [0, 0.1) is 0 Å². The number of nitrogens with zero attached hydrogens (tertiary/aromatic N) is 1. The van der Waals surface area contributed by atoms with Crippen molar-refractivity contribution in [1.29, 1.82) is 0 Å². The number of halogens is 1. The van der Waals surface area contributed by atoms with Gasteiger partial charge in [0.1, 0.15) is 19.0 Å². The molecule has 0 radical (unpaired) electrons. The Morgan fingerprint density at radius 3 is 2.66 bits per heavy atom. The Morgan fingerprint density at radius 2 is 2.03 bits per heavy atom. The molecule has 32 heavy (non-hydrogen) atoms. The largest absolute Gasteiger partial charge is 0.495 e. The molecular weight excluding hydrogens is 431 g/mol. The van der Waals surface area contributed by atoms with Crippen LogP contribution in [0.25, 0.3) is 0 Å². The number of carbonyl (C=O) groups is 3. The first kappa shape index (κ1) is 26.8. The smallest absolute Gasteiger partial charge is 0.479 e. The van der Waals surface area contributed by atoms with E-state index in [4.69, 9.17) is 14.6 Å². The number of benzene rings is 1. The number of rotatable bonds is 10. The Kier molecular flexibility index (Phi) is 11.7. The quantitative estimate of drug-likeness (QED) is 0.207. The van der Waals surface area contributed by atoms with Crippen molar-refractivity contribution in [3.63, 3.8) is 0 Å². The molecule has 0 bridgehead atoms. The lowest BCUT2D eigenvalue weighted by atomic mass is 10.0. The number of hydrogen-bond donors (Lipinski definition) is 3. The van der Waals surface area contributed by atoms with Crippen LogP contribution in [0.5, 0.6) is 5.75 Å². The van der Waals surface area contributed by atoms with E-state index in [9.17, 15) is 23.9 Å². The van der Waals surface area contributed by atoms with Crippen LogP contribution in [0.2, 0.25) is 0 Å². The van der Waals surface area contributed by atoms with Crippen molar-refractivity contribution in [1.82, 2.24) is 5.32 Å². The van der Waals surface area contributed by atoms with Crippen LogP contribution in [0.3, 0.4) is 0 Å². The van der Waals surface area contributed by atoms with Crippen LogP contribution >= 0.6 is 0 Å². The van der Waals surface area contributed by atoms with Gasteiger partial charge in [-0.15, -0.1) is 9.55 Å². The van der Waals surface area contributed by atoms with Gasteiger partial charge in [-0.25, -0.2) is 9.59 Å². The van der Waals surface area contributed by atoms with E-state index >= 15 is 0 Å². The normalized spacial score (nSPS) is 19.6. The summed E-state index contributed by atoms with van der Waals surface area (Å²) in [6, 6.07) is 4.10. The highest BCUT2D eigenvalue weighted by Crippen LogP contribution is 2.27. The average molecular weight is 458 g/mol. The maximum Gasteiger partial charge on any atom is 0.495 e. The molecule has 1 amide bonds. The Bertz CT molecular complexity index is 790. The minimum atomic E-state index is -1.97. The van der Waals surface area contributed by atoms with Crippen LogP contribution < -0.4 is 10.1 Å². The van der Waals surface area contributed by atoms with E-state index in [-0.39, 0.29) is 37.3 Å². The number of aliphatic hydroxyl groups is 1. The van der Waals surface area contributed by atoms with E-state index in [0.29, 0.717) is 5.56 Å². The number of hydrogen-bond acceptors (Lipinski definition) is 9. The third-order valence-electron chi connectivity index (χ3n) is 4.01. The van der Waals surface area contributed by atoms with Gasteiger partial charge >= 0.3 is 12.2 Å². The van der Waals surface area contributed by atoms with Crippen molar-refractivity contribution < 1.29 is 48.0 Å². The van der Waals surface area contributed by atoms with Crippen molar-refractivity contribution in [3.8, 4) is 5.75 Å². The predicted octanol–water partition coefficient (Wildman–Crippen LogP) is 2.01. The maximum absolute atomic E-state index is 12.5. The van der Waals surface area contributed by atoms with Gasteiger partial charge in [0.25, 0.3) is 5.91 Å². The number of aliphatic carboxylic acids is 1. The summed E-state index contributed by atoms with van der Waals surface area (Å²) in [5.41, 5.74) is 0.292. The van der Waals surface area contributed by atoms with Crippen LogP contribution in [-0.4, -0.2) is 66.7 Å². The summed E-state index contributed by atoms with van der Waals surface area (Å²) in [4.78, 5) is 38.8. The van der Waals surface area contributed by atoms with Gasteiger partial charge in [-0.1, -0.05) is 19.9 Å². The number of oxime groups is 1. The molecule has 0 aromatic heterocycles. The molecule has 1 aliphatic rings. The Labute approximate surface area is 184 Å². The van der Waals surface area contributed by atoms with E-state index in [1.165, 1.54) is 18.2 Å². The molecule has 1 aromatic rings. The molecule has 0 spiro atoms. The fourth-order valence-electron chi connectivity index (χ4n) is 2.69. The highest BCUT2D eigenvalue weighted by atomic mass is 19.1. The van der Waals surface area contributed by atoms with Crippen LogP contribution in [0.15, 0.2) is 23.4 Å². The van der Waals surface area contributed by atoms with Crippen molar-refractivity contribution >= 4 is 24.8 Å². The fourth-order valence-corrected chi connectivity index (χ4v) is 2.69. The first-order chi connectivity index (χ1) is 15.3. The second-order valence-corrected chi connectivity index (χ2v) is 6.21. The summed E-state index contributed by atoms with van der Waals surface area (Å²) >= 11 is 0. The Balaban J connectivity index is 0.00000249. The summed E-state index contributed by atoms with van der Waals surface area (Å²) in [5, 5.41) is 24.7. The second kappa shape index (κ2) is 13.9. The van der Waals surface area contributed by atoms with E-state index in [1.807, 2.05) is 13.8 Å². The zero-order chi connectivity index (χ0) is 24.1. The Hall–Kier alpha value is -3.25. The molecular formula is C20H27FN2O9. The van der Waals surface area contributed by atoms with E-state index < -0.39 is 43.2 Å². The number of carbonyl (C=O) groups excluding carboxylic acids is 2. The molecule has 0 aliphatic carbocycles. The van der Waals surface area contributed by atoms with Crippen molar-refractivity contribution in [2.45, 2.75) is 51.8 Å². The number of amides is 1. The molecule has 1 fully saturated rings. The van der Waals surface area contributed by atoms with Gasteiger partial charge in [0.15, 0.2) is 6.10 Å². The third kappa shape index (κ3) is 8.86. The molecule has 1 aromatic carbocycles. The zero-order valence-electron chi connectivity index (χ0n) is 17.8. The van der Waals surface area contributed by atoms with Gasteiger partial charge in [0, 0.05) is 19.6 Å². The number of carboxylic acid groups (broad SMARTS) is 1. The highest BCUT2D eigenvalue weighted by Gasteiger charge is 2.34. The van der Waals surface area contributed by atoms with E-state index in [1.54, 1.807) is 0 Å². The molecule has 1 heterocycles. The van der Waals surface area contributed by atoms with Gasteiger partial charge in [-0.3, -0.25) is 4.79 Å². The minimum Gasteiger partial charge on any atom is -0.479 e. The van der Waals surface area contributed by atoms with E-state index in [2.05, 4.69) is 26.8 Å². The molecule has 1 aliphatic heterocycles. The van der Waals surface area contributed by atoms with Crippen LogP contribution in [0.1, 0.15) is 42.6 Å². The SMILES string of the molecule is C=NOCCNC(=O)c1cc(COC(=O)F)ccc1OC1CC(O)CC(C(=O)O)O1.CC. The summed E-state index contributed by atoms with van der Waals surface area (Å²) in [6.07, 6.45) is -5.42. The topological polar surface area (TPSA) is 153 Å². The standard InChI is InChI=1S/C18H21FN2O9.C2H6/c1-20-28-5-4-21-16(23)12-6-10(9-27-18(19)26)2-3-13(12)29-15-8-11(22)7-14(30-15)17(24)25;1-2/h2-3,6,11,14-15,22H,1,4-5,7-9H2,(H,21,23)(H,24,25);1-2H3. The fraction of sp³-hybridized carbons (Fsp3) is 0.500.